The maximum absolute atomic E-state index is 12.4. The summed E-state index contributed by atoms with van der Waals surface area (Å²) in [5, 5.41) is 3.39. The van der Waals surface area contributed by atoms with E-state index in [1.807, 2.05) is 53.4 Å². The molecule has 3 rings (SSSR count). The first kappa shape index (κ1) is 13.8. The highest BCUT2D eigenvalue weighted by atomic mass is 16.2. The Labute approximate surface area is 125 Å². The summed E-state index contributed by atoms with van der Waals surface area (Å²) in [7, 11) is 0. The quantitative estimate of drug-likeness (QED) is 0.913. The van der Waals surface area contributed by atoms with E-state index in [9.17, 15) is 4.79 Å². The van der Waals surface area contributed by atoms with Gasteiger partial charge >= 0.3 is 0 Å². The molecular weight excluding hydrogens is 260 g/mol. The van der Waals surface area contributed by atoms with E-state index in [4.69, 9.17) is 0 Å². The van der Waals surface area contributed by atoms with Crippen LogP contribution in [0.5, 0.6) is 0 Å². The smallest absolute Gasteiger partial charge is 0.244 e. The fourth-order valence-electron chi connectivity index (χ4n) is 2.77. The molecule has 1 aliphatic rings. The molecule has 1 saturated heterocycles. The van der Waals surface area contributed by atoms with Crippen LogP contribution in [0.4, 0.5) is 5.69 Å². The van der Waals surface area contributed by atoms with Gasteiger partial charge in [-0.2, -0.15) is 0 Å². The van der Waals surface area contributed by atoms with E-state index in [1.165, 1.54) is 5.56 Å². The normalized spacial score (nSPS) is 18.2. The molecule has 0 saturated carbocycles. The number of benzene rings is 2. The molecule has 108 valence electrons. The van der Waals surface area contributed by atoms with Crippen molar-refractivity contribution in [3.63, 3.8) is 0 Å². The number of carbonyl (C=O) groups is 1. The van der Waals surface area contributed by atoms with Crippen LogP contribution in [0, 0.1) is 0 Å². The van der Waals surface area contributed by atoms with Gasteiger partial charge in [0, 0.05) is 12.2 Å². The van der Waals surface area contributed by atoms with Crippen LogP contribution in [-0.2, 0) is 11.2 Å². The Morgan fingerprint density at radius 3 is 2.38 bits per heavy atom. The Bertz CT molecular complexity index is 583. The molecule has 1 N–H and O–H groups in total. The van der Waals surface area contributed by atoms with Crippen LogP contribution >= 0.6 is 0 Å². The summed E-state index contributed by atoms with van der Waals surface area (Å²) in [6.45, 7) is 1.63. The number of carbonyl (C=O) groups excluding carboxylic acids is 1. The molecule has 0 spiro atoms. The Kier molecular flexibility index (Phi) is 4.31. The average Bonchev–Trinajstić information content (AvgIpc) is 2.90. The van der Waals surface area contributed by atoms with Crippen LogP contribution in [0.15, 0.2) is 60.7 Å². The minimum Gasteiger partial charge on any atom is -0.311 e. The number of nitrogens with zero attached hydrogens (tertiary/aromatic N) is 1. The summed E-state index contributed by atoms with van der Waals surface area (Å²) >= 11 is 0. The second-order valence-corrected chi connectivity index (χ2v) is 5.36. The lowest BCUT2D eigenvalue weighted by Crippen LogP contribution is -2.39. The molecule has 1 fully saturated rings. The van der Waals surface area contributed by atoms with Crippen molar-refractivity contribution in [3.8, 4) is 0 Å². The number of hydrogen-bond acceptors (Lipinski definition) is 2. The Hall–Kier alpha value is -2.13. The highest BCUT2D eigenvalue weighted by Gasteiger charge is 2.31. The summed E-state index contributed by atoms with van der Waals surface area (Å²) in [6, 6.07) is 20.2. The lowest BCUT2D eigenvalue weighted by molar-refractivity contribution is -0.118. The van der Waals surface area contributed by atoms with Gasteiger partial charge in [0.25, 0.3) is 0 Å². The van der Waals surface area contributed by atoms with Crippen molar-refractivity contribution < 1.29 is 4.79 Å². The van der Waals surface area contributed by atoms with E-state index >= 15 is 0 Å². The number of hydrogen-bond donors (Lipinski definition) is 1. The molecule has 1 unspecified atom stereocenters. The minimum absolute atomic E-state index is 0.0473. The van der Waals surface area contributed by atoms with Crippen molar-refractivity contribution in [3.05, 3.63) is 66.2 Å². The van der Waals surface area contributed by atoms with E-state index in [0.717, 1.165) is 31.6 Å². The Morgan fingerprint density at radius 1 is 1.00 bits per heavy atom. The number of rotatable bonds is 5. The van der Waals surface area contributed by atoms with Gasteiger partial charge in [0.05, 0.1) is 6.04 Å². The van der Waals surface area contributed by atoms with Crippen LogP contribution in [0.1, 0.15) is 12.0 Å². The van der Waals surface area contributed by atoms with Crippen molar-refractivity contribution in [1.82, 2.24) is 5.32 Å². The molecule has 3 heteroatoms. The molecule has 21 heavy (non-hydrogen) atoms. The van der Waals surface area contributed by atoms with Gasteiger partial charge in [-0.3, -0.25) is 4.79 Å². The van der Waals surface area contributed by atoms with Crippen molar-refractivity contribution in [2.75, 3.05) is 18.0 Å². The van der Waals surface area contributed by atoms with Gasteiger partial charge in [-0.05, 0) is 37.1 Å². The van der Waals surface area contributed by atoms with Crippen LogP contribution in [0.3, 0.4) is 0 Å². The Morgan fingerprint density at radius 2 is 1.67 bits per heavy atom. The number of para-hydroxylation sites is 1. The van der Waals surface area contributed by atoms with Gasteiger partial charge in [-0.1, -0.05) is 48.5 Å². The molecule has 0 bridgehead atoms. The zero-order chi connectivity index (χ0) is 14.5. The molecule has 0 aliphatic carbocycles. The van der Waals surface area contributed by atoms with Gasteiger partial charge in [0.2, 0.25) is 5.91 Å². The Balaban J connectivity index is 1.53. The SMILES string of the molecule is O=C1C(NCCc2ccccc2)CCN1c1ccccc1. The molecule has 1 aliphatic heterocycles. The lowest BCUT2D eigenvalue weighted by atomic mass is 10.1. The van der Waals surface area contributed by atoms with Crippen LogP contribution < -0.4 is 10.2 Å². The average molecular weight is 280 g/mol. The second-order valence-electron chi connectivity index (χ2n) is 5.36. The van der Waals surface area contributed by atoms with Gasteiger partial charge in [0.15, 0.2) is 0 Å². The highest BCUT2D eigenvalue weighted by Crippen LogP contribution is 2.20. The van der Waals surface area contributed by atoms with Crippen molar-refractivity contribution in [2.24, 2.45) is 0 Å². The topological polar surface area (TPSA) is 32.3 Å². The fraction of sp³-hybridized carbons (Fsp3) is 0.278. The molecule has 1 amide bonds. The molecule has 2 aromatic carbocycles. The zero-order valence-electron chi connectivity index (χ0n) is 12.0. The molecular formula is C18H20N2O. The van der Waals surface area contributed by atoms with E-state index < -0.39 is 0 Å². The third kappa shape index (κ3) is 3.31. The van der Waals surface area contributed by atoms with Crippen LogP contribution in [-0.4, -0.2) is 25.0 Å². The van der Waals surface area contributed by atoms with Crippen LogP contribution in [0.2, 0.25) is 0 Å². The van der Waals surface area contributed by atoms with Crippen LogP contribution in [0.25, 0.3) is 0 Å². The number of amides is 1. The summed E-state index contributed by atoms with van der Waals surface area (Å²) in [5.74, 6) is 0.189. The molecule has 0 radical (unpaired) electrons. The third-order valence-electron chi connectivity index (χ3n) is 3.92. The molecule has 3 nitrogen and oxygen atoms in total. The van der Waals surface area contributed by atoms with Crippen molar-refractivity contribution >= 4 is 11.6 Å². The molecule has 1 heterocycles. The number of nitrogens with one attached hydrogen (secondary N) is 1. The summed E-state index contributed by atoms with van der Waals surface area (Å²) in [5.41, 5.74) is 2.30. The van der Waals surface area contributed by atoms with Crippen molar-refractivity contribution in [1.29, 1.82) is 0 Å². The van der Waals surface area contributed by atoms with Gasteiger partial charge in [0.1, 0.15) is 0 Å². The zero-order valence-corrected chi connectivity index (χ0v) is 12.0. The van der Waals surface area contributed by atoms with E-state index in [1.54, 1.807) is 0 Å². The first-order valence-corrected chi connectivity index (χ1v) is 7.48. The second kappa shape index (κ2) is 6.55. The lowest BCUT2D eigenvalue weighted by Gasteiger charge is -2.17. The molecule has 2 aromatic rings. The van der Waals surface area contributed by atoms with Gasteiger partial charge < -0.3 is 10.2 Å². The van der Waals surface area contributed by atoms with E-state index in [0.29, 0.717) is 0 Å². The highest BCUT2D eigenvalue weighted by molar-refractivity contribution is 5.99. The molecule has 1 atom stereocenters. The summed E-state index contributed by atoms with van der Waals surface area (Å²) < 4.78 is 0. The first-order chi connectivity index (χ1) is 10.3. The largest absolute Gasteiger partial charge is 0.311 e. The van der Waals surface area contributed by atoms with Gasteiger partial charge in [-0.15, -0.1) is 0 Å². The standard InChI is InChI=1S/C18H20N2O/c21-18-17(19-13-11-15-7-3-1-4-8-15)12-14-20(18)16-9-5-2-6-10-16/h1-10,17,19H,11-14H2. The van der Waals surface area contributed by atoms with Crippen molar-refractivity contribution in [2.45, 2.75) is 18.9 Å². The maximum atomic E-state index is 12.4. The monoisotopic (exact) mass is 280 g/mol. The first-order valence-electron chi connectivity index (χ1n) is 7.48. The predicted molar refractivity (Wildman–Crippen MR) is 85.3 cm³/mol. The van der Waals surface area contributed by atoms with Gasteiger partial charge in [-0.25, -0.2) is 0 Å². The summed E-state index contributed by atoms with van der Waals surface area (Å²) in [6.07, 6.45) is 1.83. The molecule has 0 aromatic heterocycles. The number of anilines is 1. The van der Waals surface area contributed by atoms with E-state index in [2.05, 4.69) is 17.4 Å². The fourth-order valence-corrected chi connectivity index (χ4v) is 2.77. The van der Waals surface area contributed by atoms with E-state index in [-0.39, 0.29) is 11.9 Å². The minimum atomic E-state index is -0.0473. The maximum Gasteiger partial charge on any atom is 0.244 e. The predicted octanol–water partition coefficient (Wildman–Crippen LogP) is 2.62. The summed E-state index contributed by atoms with van der Waals surface area (Å²) in [4.78, 5) is 14.3. The third-order valence-corrected chi connectivity index (χ3v) is 3.92.